The van der Waals surface area contributed by atoms with Crippen LogP contribution in [-0.4, -0.2) is 22.4 Å². The third-order valence-corrected chi connectivity index (χ3v) is 5.32. The highest BCUT2D eigenvalue weighted by Gasteiger charge is 2.47. The van der Waals surface area contributed by atoms with Crippen molar-refractivity contribution in [3.05, 3.63) is 15.9 Å². The lowest BCUT2D eigenvalue weighted by Gasteiger charge is -2.24. The Bertz CT molecular complexity index is 421. The van der Waals surface area contributed by atoms with E-state index in [4.69, 9.17) is 0 Å². The van der Waals surface area contributed by atoms with Gasteiger partial charge in [0.05, 0.1) is 15.9 Å². The molecule has 102 valence electrons. The molecule has 0 amide bonds. The van der Waals surface area contributed by atoms with Crippen LogP contribution in [0.25, 0.3) is 0 Å². The van der Waals surface area contributed by atoms with Crippen molar-refractivity contribution >= 4 is 15.9 Å². The largest absolute Gasteiger partial charge is 0.314 e. The quantitative estimate of drug-likeness (QED) is 0.873. The molecule has 1 aliphatic rings. The van der Waals surface area contributed by atoms with Crippen LogP contribution in [0.15, 0.2) is 4.47 Å². The molecule has 0 aromatic carbocycles. The Balaban J connectivity index is 2.19. The lowest BCUT2D eigenvalue weighted by atomic mass is 9.92. The molecule has 0 radical (unpaired) electrons. The topological polar surface area (TPSA) is 29.9 Å². The third kappa shape index (κ3) is 2.50. The van der Waals surface area contributed by atoms with Crippen LogP contribution in [-0.2, 0) is 13.0 Å². The molecular weight excluding hydrogens is 290 g/mol. The predicted octanol–water partition coefficient (Wildman–Crippen LogP) is 3.29. The summed E-state index contributed by atoms with van der Waals surface area (Å²) in [7, 11) is 0. The zero-order chi connectivity index (χ0) is 13.3. The van der Waals surface area contributed by atoms with E-state index < -0.39 is 0 Å². The summed E-state index contributed by atoms with van der Waals surface area (Å²) in [5.74, 6) is 0. The molecule has 1 atom stereocenters. The summed E-state index contributed by atoms with van der Waals surface area (Å²) in [4.78, 5) is 0. The molecule has 0 saturated heterocycles. The molecular formula is C14H24BrN3. The maximum Gasteiger partial charge on any atom is 0.0738 e. The molecule has 0 bridgehead atoms. The van der Waals surface area contributed by atoms with Crippen molar-refractivity contribution in [1.29, 1.82) is 0 Å². The van der Waals surface area contributed by atoms with Crippen LogP contribution < -0.4 is 5.32 Å². The monoisotopic (exact) mass is 313 g/mol. The number of rotatable bonds is 6. The van der Waals surface area contributed by atoms with Crippen molar-refractivity contribution in [3.8, 4) is 0 Å². The van der Waals surface area contributed by atoms with Crippen LogP contribution in [0.3, 0.4) is 0 Å². The molecule has 1 aromatic heterocycles. The Kier molecular flexibility index (Phi) is 4.17. The Hall–Kier alpha value is -0.350. The van der Waals surface area contributed by atoms with Gasteiger partial charge < -0.3 is 5.32 Å². The Morgan fingerprint density at radius 3 is 2.61 bits per heavy atom. The van der Waals surface area contributed by atoms with Crippen LogP contribution in [0.1, 0.15) is 45.0 Å². The highest BCUT2D eigenvalue weighted by Crippen LogP contribution is 2.52. The van der Waals surface area contributed by atoms with Crippen molar-refractivity contribution < 1.29 is 0 Å². The van der Waals surface area contributed by atoms with E-state index in [-0.39, 0.29) is 0 Å². The highest BCUT2D eigenvalue weighted by atomic mass is 79.9. The minimum atomic E-state index is 0.456. The molecule has 1 heterocycles. The molecule has 3 nitrogen and oxygen atoms in total. The van der Waals surface area contributed by atoms with Gasteiger partial charge in [0.15, 0.2) is 0 Å². The van der Waals surface area contributed by atoms with Gasteiger partial charge in [-0.05, 0) is 67.9 Å². The molecule has 1 N–H and O–H groups in total. The zero-order valence-electron chi connectivity index (χ0n) is 11.9. The smallest absolute Gasteiger partial charge is 0.0738 e. The van der Waals surface area contributed by atoms with E-state index in [0.717, 1.165) is 25.2 Å². The first-order valence-electron chi connectivity index (χ1n) is 6.99. The molecule has 1 fully saturated rings. The summed E-state index contributed by atoms with van der Waals surface area (Å²) in [6, 6.07) is 0.593. The molecule has 1 saturated carbocycles. The first-order valence-corrected chi connectivity index (χ1v) is 7.78. The van der Waals surface area contributed by atoms with E-state index in [0.29, 0.717) is 11.5 Å². The minimum absolute atomic E-state index is 0.456. The van der Waals surface area contributed by atoms with E-state index in [9.17, 15) is 0 Å². The number of hydrogen-bond acceptors (Lipinski definition) is 2. The zero-order valence-corrected chi connectivity index (χ0v) is 13.5. The van der Waals surface area contributed by atoms with Crippen molar-refractivity contribution in [3.63, 3.8) is 0 Å². The van der Waals surface area contributed by atoms with Gasteiger partial charge in [-0.15, -0.1) is 0 Å². The fourth-order valence-electron chi connectivity index (χ4n) is 2.82. The van der Waals surface area contributed by atoms with E-state index in [2.05, 4.69) is 58.7 Å². The Labute approximate surface area is 118 Å². The van der Waals surface area contributed by atoms with Crippen molar-refractivity contribution in [2.24, 2.45) is 5.41 Å². The molecule has 18 heavy (non-hydrogen) atoms. The van der Waals surface area contributed by atoms with Crippen LogP contribution in [0.5, 0.6) is 0 Å². The normalized spacial score (nSPS) is 18.9. The molecule has 4 heteroatoms. The summed E-state index contributed by atoms with van der Waals surface area (Å²) in [6.07, 6.45) is 3.81. The average molecular weight is 314 g/mol. The van der Waals surface area contributed by atoms with Crippen LogP contribution >= 0.6 is 15.9 Å². The van der Waals surface area contributed by atoms with Gasteiger partial charge in [-0.1, -0.05) is 6.92 Å². The van der Waals surface area contributed by atoms with E-state index in [1.54, 1.807) is 0 Å². The number of aromatic nitrogens is 2. The molecule has 1 aliphatic carbocycles. The van der Waals surface area contributed by atoms with Gasteiger partial charge in [-0.25, -0.2) is 0 Å². The number of nitrogens with zero attached hydrogens (tertiary/aromatic N) is 2. The second-order valence-corrected chi connectivity index (χ2v) is 6.27. The summed E-state index contributed by atoms with van der Waals surface area (Å²) in [5, 5.41) is 8.18. The molecule has 0 spiro atoms. The predicted molar refractivity (Wildman–Crippen MR) is 78.8 cm³/mol. The number of nitrogens with one attached hydrogen (secondary N) is 1. The second kappa shape index (κ2) is 5.33. The van der Waals surface area contributed by atoms with Gasteiger partial charge in [0.1, 0.15) is 0 Å². The van der Waals surface area contributed by atoms with Crippen molar-refractivity contribution in [1.82, 2.24) is 15.1 Å². The molecule has 1 aromatic rings. The SMILES string of the molecule is CCNC(C)C1(Cc2c(Br)c(C)nn2CC)CC1. The number of hydrogen-bond donors (Lipinski definition) is 1. The maximum atomic E-state index is 4.60. The van der Waals surface area contributed by atoms with E-state index in [1.165, 1.54) is 23.0 Å². The van der Waals surface area contributed by atoms with Crippen molar-refractivity contribution in [2.45, 2.75) is 59.5 Å². The van der Waals surface area contributed by atoms with E-state index >= 15 is 0 Å². The first kappa shape index (κ1) is 14.1. The fraction of sp³-hybridized carbons (Fsp3) is 0.786. The van der Waals surface area contributed by atoms with Gasteiger partial charge in [0.2, 0.25) is 0 Å². The van der Waals surface area contributed by atoms with Gasteiger partial charge in [-0.2, -0.15) is 5.10 Å². The van der Waals surface area contributed by atoms with E-state index in [1.807, 2.05) is 0 Å². The summed E-state index contributed by atoms with van der Waals surface area (Å²) >= 11 is 3.71. The fourth-order valence-corrected chi connectivity index (χ4v) is 3.24. The highest BCUT2D eigenvalue weighted by molar-refractivity contribution is 9.10. The maximum absolute atomic E-state index is 4.60. The van der Waals surface area contributed by atoms with Crippen molar-refractivity contribution in [2.75, 3.05) is 6.54 Å². The lowest BCUT2D eigenvalue weighted by molar-refractivity contribution is 0.346. The Morgan fingerprint density at radius 1 is 1.44 bits per heavy atom. The van der Waals surface area contributed by atoms with Gasteiger partial charge in [-0.3, -0.25) is 4.68 Å². The minimum Gasteiger partial charge on any atom is -0.314 e. The summed E-state index contributed by atoms with van der Waals surface area (Å²) in [6.45, 7) is 10.7. The first-order chi connectivity index (χ1) is 8.54. The molecule has 2 rings (SSSR count). The van der Waals surface area contributed by atoms with Gasteiger partial charge in [0, 0.05) is 12.6 Å². The number of aryl methyl sites for hydroxylation is 2. The number of halogens is 1. The summed E-state index contributed by atoms with van der Waals surface area (Å²) in [5.41, 5.74) is 2.94. The average Bonchev–Trinajstić information content (AvgIpc) is 3.08. The lowest BCUT2D eigenvalue weighted by Crippen LogP contribution is -2.36. The van der Waals surface area contributed by atoms with Gasteiger partial charge >= 0.3 is 0 Å². The summed E-state index contributed by atoms with van der Waals surface area (Å²) < 4.78 is 3.36. The Morgan fingerprint density at radius 2 is 2.11 bits per heavy atom. The third-order valence-electron chi connectivity index (χ3n) is 4.29. The second-order valence-electron chi connectivity index (χ2n) is 5.48. The van der Waals surface area contributed by atoms with Crippen LogP contribution in [0.2, 0.25) is 0 Å². The van der Waals surface area contributed by atoms with Crippen LogP contribution in [0.4, 0.5) is 0 Å². The molecule has 0 aliphatic heterocycles. The molecule has 1 unspecified atom stereocenters. The van der Waals surface area contributed by atoms with Crippen LogP contribution in [0, 0.1) is 12.3 Å². The van der Waals surface area contributed by atoms with Gasteiger partial charge in [0.25, 0.3) is 0 Å². The standard InChI is InChI=1S/C14H24BrN3/c1-5-16-11(4)14(7-8-14)9-12-13(15)10(3)17-18(12)6-2/h11,16H,5-9H2,1-4H3.